The van der Waals surface area contributed by atoms with Gasteiger partial charge in [0.2, 0.25) is 0 Å². The summed E-state index contributed by atoms with van der Waals surface area (Å²) in [6, 6.07) is 13.5. The van der Waals surface area contributed by atoms with E-state index >= 15 is 0 Å². The van der Waals surface area contributed by atoms with Crippen LogP contribution in [0.4, 0.5) is 5.82 Å². The summed E-state index contributed by atoms with van der Waals surface area (Å²) in [5.74, 6) is 1.45. The van der Waals surface area contributed by atoms with Crippen LogP contribution in [-0.2, 0) is 16.6 Å². The van der Waals surface area contributed by atoms with E-state index in [9.17, 15) is 8.42 Å². The van der Waals surface area contributed by atoms with Gasteiger partial charge in [0, 0.05) is 18.8 Å². The monoisotopic (exact) mass is 505 g/mol. The van der Waals surface area contributed by atoms with E-state index in [0.717, 1.165) is 17.7 Å². The van der Waals surface area contributed by atoms with Gasteiger partial charge in [0.25, 0.3) is 10.0 Å². The Hall–Kier alpha value is -3.01. The third-order valence-corrected chi connectivity index (χ3v) is 6.36. The van der Waals surface area contributed by atoms with Gasteiger partial charge in [0.1, 0.15) is 13.2 Å². The van der Waals surface area contributed by atoms with Gasteiger partial charge in [-0.3, -0.25) is 4.72 Å². The molecule has 8 nitrogen and oxygen atoms in total. The number of halogens is 1. The van der Waals surface area contributed by atoms with Crippen LogP contribution in [0.5, 0.6) is 17.2 Å². The lowest BCUT2D eigenvalue weighted by Gasteiger charge is -2.16. The molecule has 0 aliphatic heterocycles. The molecule has 3 aromatic rings. The van der Waals surface area contributed by atoms with Gasteiger partial charge in [-0.1, -0.05) is 35.4 Å². The smallest absolute Gasteiger partial charge is 0.263 e. The Kier molecular flexibility index (Phi) is 8.60. The highest BCUT2D eigenvalue weighted by atomic mass is 35.5. The van der Waals surface area contributed by atoms with Crippen LogP contribution in [0.15, 0.2) is 59.6 Å². The molecule has 1 heterocycles. The number of sulfonamides is 1. The van der Waals surface area contributed by atoms with E-state index in [1.165, 1.54) is 24.4 Å². The fourth-order valence-electron chi connectivity index (χ4n) is 2.93. The summed E-state index contributed by atoms with van der Waals surface area (Å²) in [6.07, 6.45) is 1.35. The van der Waals surface area contributed by atoms with Gasteiger partial charge in [-0.15, -0.1) is 0 Å². The van der Waals surface area contributed by atoms with Crippen molar-refractivity contribution in [3.63, 3.8) is 0 Å². The van der Waals surface area contributed by atoms with Crippen molar-refractivity contribution in [1.82, 2.24) is 9.88 Å². The second-order valence-corrected chi connectivity index (χ2v) is 9.96. The third-order valence-electron chi connectivity index (χ3n) is 4.80. The minimum Gasteiger partial charge on any atom is -0.493 e. The maximum Gasteiger partial charge on any atom is 0.263 e. The Labute approximate surface area is 205 Å². The van der Waals surface area contributed by atoms with Crippen molar-refractivity contribution >= 4 is 27.4 Å². The van der Waals surface area contributed by atoms with Gasteiger partial charge in [-0.05, 0) is 50.8 Å². The van der Waals surface area contributed by atoms with Crippen molar-refractivity contribution in [2.24, 2.45) is 0 Å². The number of hydrogen-bond acceptors (Lipinski definition) is 7. The molecule has 2 aromatic carbocycles. The van der Waals surface area contributed by atoms with Crippen LogP contribution in [0, 0.1) is 6.92 Å². The molecule has 0 saturated heterocycles. The molecule has 0 amide bonds. The Morgan fingerprint density at radius 2 is 1.74 bits per heavy atom. The zero-order chi connectivity index (χ0) is 24.7. The fourth-order valence-corrected chi connectivity index (χ4v) is 4.10. The molecule has 0 radical (unpaired) electrons. The third kappa shape index (κ3) is 6.99. The molecule has 0 spiro atoms. The SMILES string of the molecule is COc1ccc(COc2cc(Cl)cnc2NS(=O)(=O)c2ccc(C)cc2)cc1OCCN(C)C. The van der Waals surface area contributed by atoms with Gasteiger partial charge >= 0.3 is 0 Å². The van der Waals surface area contributed by atoms with E-state index in [1.54, 1.807) is 25.3 Å². The lowest BCUT2D eigenvalue weighted by Crippen LogP contribution is -2.19. The first-order valence-electron chi connectivity index (χ1n) is 10.5. The molecule has 0 saturated carbocycles. The molecule has 34 heavy (non-hydrogen) atoms. The maximum absolute atomic E-state index is 12.8. The number of methoxy groups -OCH3 is 1. The number of aryl methyl sites for hydroxylation is 1. The van der Waals surface area contributed by atoms with Gasteiger partial charge in [-0.25, -0.2) is 13.4 Å². The van der Waals surface area contributed by atoms with E-state index in [1.807, 2.05) is 38.1 Å². The van der Waals surface area contributed by atoms with Gasteiger partial charge in [0.05, 0.1) is 17.0 Å². The molecule has 3 rings (SSSR count). The summed E-state index contributed by atoms with van der Waals surface area (Å²) in [6.45, 7) is 3.27. The number of hydrogen-bond donors (Lipinski definition) is 1. The average molecular weight is 506 g/mol. The van der Waals surface area contributed by atoms with Crippen LogP contribution < -0.4 is 18.9 Å². The molecule has 0 unspecified atom stereocenters. The lowest BCUT2D eigenvalue weighted by molar-refractivity contribution is 0.249. The molecule has 0 bridgehead atoms. The highest BCUT2D eigenvalue weighted by Crippen LogP contribution is 2.31. The molecule has 0 fully saturated rings. The molecular weight excluding hydrogens is 478 g/mol. The summed E-state index contributed by atoms with van der Waals surface area (Å²) >= 11 is 6.09. The highest BCUT2D eigenvalue weighted by molar-refractivity contribution is 7.92. The number of aromatic nitrogens is 1. The molecule has 1 aromatic heterocycles. The normalized spacial score (nSPS) is 11.4. The van der Waals surface area contributed by atoms with E-state index in [2.05, 4.69) is 9.71 Å². The minimum atomic E-state index is -3.86. The van der Waals surface area contributed by atoms with Crippen LogP contribution in [0.2, 0.25) is 5.02 Å². The standard InChI is InChI=1S/C24H28ClN3O5S/c1-17-5-8-20(9-6-17)34(29,30)27-24-23(14-19(25)15-26-24)33-16-18-7-10-21(31-4)22(13-18)32-12-11-28(2)3/h5-10,13-15H,11-12,16H2,1-4H3,(H,26,27). The van der Waals surface area contributed by atoms with Crippen molar-refractivity contribution in [2.75, 3.05) is 39.1 Å². The average Bonchev–Trinajstić information content (AvgIpc) is 2.79. The first-order valence-corrected chi connectivity index (χ1v) is 12.4. The van der Waals surface area contributed by atoms with Crippen LogP contribution >= 0.6 is 11.6 Å². The number of benzene rings is 2. The van der Waals surface area contributed by atoms with E-state index in [-0.39, 0.29) is 23.1 Å². The Morgan fingerprint density at radius 1 is 1.00 bits per heavy atom. The van der Waals surface area contributed by atoms with Crippen LogP contribution in [0.3, 0.4) is 0 Å². The summed E-state index contributed by atoms with van der Waals surface area (Å²) in [4.78, 5) is 6.26. The van der Waals surface area contributed by atoms with Crippen molar-refractivity contribution in [2.45, 2.75) is 18.4 Å². The summed E-state index contributed by atoms with van der Waals surface area (Å²) in [7, 11) is 1.65. The number of rotatable bonds is 11. The second-order valence-electron chi connectivity index (χ2n) is 7.84. The first kappa shape index (κ1) is 25.6. The predicted octanol–water partition coefficient (Wildman–Crippen LogP) is 4.37. The zero-order valence-electron chi connectivity index (χ0n) is 19.5. The summed E-state index contributed by atoms with van der Waals surface area (Å²) in [5.41, 5.74) is 1.75. The zero-order valence-corrected chi connectivity index (χ0v) is 21.1. The maximum atomic E-state index is 12.8. The predicted molar refractivity (Wildman–Crippen MR) is 133 cm³/mol. The van der Waals surface area contributed by atoms with Crippen LogP contribution in [-0.4, -0.2) is 52.7 Å². The lowest BCUT2D eigenvalue weighted by atomic mass is 10.2. The van der Waals surface area contributed by atoms with Gasteiger partial charge in [0.15, 0.2) is 23.1 Å². The molecule has 10 heteroatoms. The van der Waals surface area contributed by atoms with Crippen molar-refractivity contribution in [3.05, 3.63) is 70.9 Å². The largest absolute Gasteiger partial charge is 0.493 e. The quantitative estimate of drug-likeness (QED) is 0.413. The second kappa shape index (κ2) is 11.4. The molecular formula is C24H28ClN3O5S. The van der Waals surface area contributed by atoms with Crippen molar-refractivity contribution in [3.8, 4) is 17.2 Å². The molecule has 0 aliphatic carbocycles. The molecule has 182 valence electrons. The molecule has 0 aliphatic rings. The van der Waals surface area contributed by atoms with Crippen LogP contribution in [0.25, 0.3) is 0 Å². The Bertz CT molecular complexity index is 1220. The van der Waals surface area contributed by atoms with Crippen LogP contribution in [0.1, 0.15) is 11.1 Å². The van der Waals surface area contributed by atoms with E-state index < -0.39 is 10.0 Å². The fraction of sp³-hybridized carbons (Fsp3) is 0.292. The molecule has 0 atom stereocenters. The van der Waals surface area contributed by atoms with Crippen molar-refractivity contribution < 1.29 is 22.6 Å². The molecule has 1 N–H and O–H groups in total. The first-order chi connectivity index (χ1) is 16.2. The number of nitrogens with zero attached hydrogens (tertiary/aromatic N) is 2. The summed E-state index contributed by atoms with van der Waals surface area (Å²) < 4.78 is 45.2. The minimum absolute atomic E-state index is 0.0425. The van der Waals surface area contributed by atoms with Gasteiger partial charge < -0.3 is 19.1 Å². The number of anilines is 1. The number of likely N-dealkylation sites (N-methyl/N-ethyl adjacent to an activating group) is 1. The van der Waals surface area contributed by atoms with E-state index in [4.69, 9.17) is 25.8 Å². The van der Waals surface area contributed by atoms with Gasteiger partial charge in [-0.2, -0.15) is 0 Å². The summed E-state index contributed by atoms with van der Waals surface area (Å²) in [5, 5.41) is 0.315. The Morgan fingerprint density at radius 3 is 2.41 bits per heavy atom. The van der Waals surface area contributed by atoms with Crippen molar-refractivity contribution in [1.29, 1.82) is 0 Å². The number of nitrogens with one attached hydrogen (secondary N) is 1. The topological polar surface area (TPSA) is 90.0 Å². The number of ether oxygens (including phenoxy) is 3. The number of pyridine rings is 1. The highest BCUT2D eigenvalue weighted by Gasteiger charge is 2.18. The Balaban J connectivity index is 1.77. The van der Waals surface area contributed by atoms with E-state index in [0.29, 0.717) is 23.1 Å².